The molecular formula is C34H36N4O6. The van der Waals surface area contributed by atoms with Crippen LogP contribution in [0, 0.1) is 0 Å². The molecule has 0 radical (unpaired) electrons. The summed E-state index contributed by atoms with van der Waals surface area (Å²) in [6, 6.07) is 16.9. The molecule has 4 aromatic rings. The van der Waals surface area contributed by atoms with Crippen molar-refractivity contribution in [3.63, 3.8) is 0 Å². The van der Waals surface area contributed by atoms with Crippen LogP contribution in [0.5, 0.6) is 5.75 Å². The molecule has 0 aliphatic carbocycles. The molecule has 0 spiro atoms. The highest BCUT2D eigenvalue weighted by molar-refractivity contribution is 5.97. The Labute approximate surface area is 255 Å². The van der Waals surface area contributed by atoms with E-state index in [1.807, 2.05) is 24.3 Å². The number of carboxylic acids is 1. The summed E-state index contributed by atoms with van der Waals surface area (Å²) >= 11 is 0. The summed E-state index contributed by atoms with van der Waals surface area (Å²) in [5.41, 5.74) is 5.03. The number of aromatic carboxylic acids is 1. The largest absolute Gasteiger partial charge is 0.496 e. The number of esters is 1. The van der Waals surface area contributed by atoms with Crippen LogP contribution in [0.1, 0.15) is 36.7 Å². The van der Waals surface area contributed by atoms with E-state index in [4.69, 9.17) is 9.47 Å². The van der Waals surface area contributed by atoms with Gasteiger partial charge in [-0.3, -0.25) is 9.69 Å². The lowest BCUT2D eigenvalue weighted by atomic mass is 10.0. The van der Waals surface area contributed by atoms with E-state index in [9.17, 15) is 19.5 Å². The minimum atomic E-state index is -0.963. The molecular weight excluding hydrogens is 560 g/mol. The molecule has 10 heteroatoms. The predicted molar refractivity (Wildman–Crippen MR) is 167 cm³/mol. The number of piperazine rings is 1. The SMILES string of the molecule is COc1ccc(CN2CCN(C(=O)/C=C/C(=O)OC(C)(C)C)CC2)cc1-c1cc2c(-c3ccc(C(=O)O)cc3)ccnc2[nH]1. The second-order valence-electron chi connectivity index (χ2n) is 11.7. The molecule has 0 bridgehead atoms. The number of hydrogen-bond donors (Lipinski definition) is 2. The van der Waals surface area contributed by atoms with Crippen molar-refractivity contribution >= 4 is 28.9 Å². The van der Waals surface area contributed by atoms with E-state index in [2.05, 4.69) is 20.9 Å². The van der Waals surface area contributed by atoms with E-state index < -0.39 is 17.5 Å². The van der Waals surface area contributed by atoms with Crippen molar-refractivity contribution in [2.24, 2.45) is 0 Å². The second-order valence-corrected chi connectivity index (χ2v) is 11.7. The van der Waals surface area contributed by atoms with Crippen molar-refractivity contribution in [3.05, 3.63) is 84.1 Å². The Kier molecular flexibility index (Phi) is 8.82. The minimum absolute atomic E-state index is 0.202. The van der Waals surface area contributed by atoms with Gasteiger partial charge in [0.2, 0.25) is 5.91 Å². The third-order valence-electron chi connectivity index (χ3n) is 7.39. The molecule has 0 atom stereocenters. The van der Waals surface area contributed by atoms with Crippen LogP contribution in [0.4, 0.5) is 0 Å². The van der Waals surface area contributed by atoms with E-state index in [1.165, 1.54) is 12.2 Å². The van der Waals surface area contributed by atoms with E-state index in [-0.39, 0.29) is 11.5 Å². The fourth-order valence-corrected chi connectivity index (χ4v) is 5.25. The lowest BCUT2D eigenvalue weighted by molar-refractivity contribution is -0.148. The number of carbonyl (C=O) groups is 3. The lowest BCUT2D eigenvalue weighted by Gasteiger charge is -2.34. The first-order valence-corrected chi connectivity index (χ1v) is 14.4. The molecule has 1 aliphatic heterocycles. The molecule has 3 heterocycles. The van der Waals surface area contributed by atoms with Gasteiger partial charge in [-0.2, -0.15) is 0 Å². The van der Waals surface area contributed by atoms with Crippen molar-refractivity contribution in [2.45, 2.75) is 32.9 Å². The summed E-state index contributed by atoms with van der Waals surface area (Å²) in [6.07, 6.45) is 4.20. The summed E-state index contributed by atoms with van der Waals surface area (Å²) in [6.45, 7) is 8.57. The summed E-state index contributed by atoms with van der Waals surface area (Å²) in [7, 11) is 1.64. The first-order chi connectivity index (χ1) is 21.0. The van der Waals surface area contributed by atoms with Crippen LogP contribution >= 0.6 is 0 Å². The quantitative estimate of drug-likeness (QED) is 0.212. The number of H-pyrrole nitrogens is 1. The standard InChI is InChI=1S/C34H36N4O6/c1-34(2,3)44-31(40)12-11-30(39)38-17-15-37(16-18-38)21-22-5-10-29(43-4)27(19-22)28-20-26-25(13-14-35-32(26)36-28)23-6-8-24(9-7-23)33(41)42/h5-14,19-20H,15-18,21H2,1-4H3,(H,35,36)(H,41,42)/b12-11+. The number of hydrogen-bond acceptors (Lipinski definition) is 7. The van der Waals surface area contributed by atoms with Crippen LogP contribution in [-0.2, 0) is 20.9 Å². The summed E-state index contributed by atoms with van der Waals surface area (Å²) < 4.78 is 10.9. The molecule has 0 saturated carbocycles. The molecule has 10 nitrogen and oxygen atoms in total. The molecule has 1 fully saturated rings. The average Bonchev–Trinajstić information content (AvgIpc) is 3.44. The van der Waals surface area contributed by atoms with Gasteiger partial charge in [-0.15, -0.1) is 0 Å². The van der Waals surface area contributed by atoms with Gasteiger partial charge in [0.15, 0.2) is 0 Å². The molecule has 2 N–H and O–H groups in total. The number of rotatable bonds is 8. The van der Waals surface area contributed by atoms with Crippen molar-refractivity contribution in [1.29, 1.82) is 0 Å². The zero-order chi connectivity index (χ0) is 31.4. The first kappa shape index (κ1) is 30.5. The third-order valence-corrected chi connectivity index (χ3v) is 7.39. The van der Waals surface area contributed by atoms with Gasteiger partial charge in [-0.25, -0.2) is 14.6 Å². The molecule has 5 rings (SSSR count). The molecule has 44 heavy (non-hydrogen) atoms. The Morgan fingerprint density at radius 3 is 2.34 bits per heavy atom. The van der Waals surface area contributed by atoms with Gasteiger partial charge in [0.05, 0.1) is 18.4 Å². The number of amides is 1. The predicted octanol–water partition coefficient (Wildman–Crippen LogP) is 5.15. The maximum Gasteiger partial charge on any atom is 0.335 e. The Morgan fingerprint density at radius 1 is 0.955 bits per heavy atom. The van der Waals surface area contributed by atoms with Gasteiger partial charge in [0, 0.05) is 62.0 Å². The number of methoxy groups -OCH3 is 1. The monoisotopic (exact) mass is 596 g/mol. The van der Waals surface area contributed by atoms with Gasteiger partial charge in [0.1, 0.15) is 17.0 Å². The van der Waals surface area contributed by atoms with Crippen LogP contribution in [0.25, 0.3) is 33.4 Å². The van der Waals surface area contributed by atoms with Crippen molar-refractivity contribution in [1.82, 2.24) is 19.8 Å². The maximum absolute atomic E-state index is 12.6. The Morgan fingerprint density at radius 2 is 1.68 bits per heavy atom. The number of nitrogens with zero attached hydrogens (tertiary/aromatic N) is 3. The number of carbonyl (C=O) groups excluding carboxylic acids is 2. The van der Waals surface area contributed by atoms with Crippen molar-refractivity contribution < 1.29 is 29.0 Å². The van der Waals surface area contributed by atoms with Gasteiger partial charge in [-0.05, 0) is 73.9 Å². The molecule has 228 valence electrons. The highest BCUT2D eigenvalue weighted by Crippen LogP contribution is 2.36. The van der Waals surface area contributed by atoms with Gasteiger partial charge in [0.25, 0.3) is 0 Å². The summed E-state index contributed by atoms with van der Waals surface area (Å²) in [5.74, 6) is -0.974. The molecule has 1 aliphatic rings. The smallest absolute Gasteiger partial charge is 0.335 e. The Hall–Kier alpha value is -4.96. The van der Waals surface area contributed by atoms with Crippen LogP contribution in [-0.4, -0.2) is 81.6 Å². The highest BCUT2D eigenvalue weighted by Gasteiger charge is 2.22. The number of carboxylic acid groups (broad SMARTS) is 1. The molecule has 1 amide bonds. The molecule has 0 unspecified atom stereocenters. The van der Waals surface area contributed by atoms with E-state index in [0.29, 0.717) is 38.4 Å². The number of benzene rings is 2. The maximum atomic E-state index is 12.6. The fourth-order valence-electron chi connectivity index (χ4n) is 5.25. The van der Waals surface area contributed by atoms with Crippen molar-refractivity contribution in [3.8, 4) is 28.1 Å². The minimum Gasteiger partial charge on any atom is -0.496 e. The van der Waals surface area contributed by atoms with Crippen LogP contribution < -0.4 is 4.74 Å². The average molecular weight is 597 g/mol. The van der Waals surface area contributed by atoms with E-state index in [1.54, 1.807) is 63.2 Å². The zero-order valence-corrected chi connectivity index (χ0v) is 25.3. The molecule has 2 aromatic heterocycles. The third kappa shape index (κ3) is 7.15. The lowest BCUT2D eigenvalue weighted by Crippen LogP contribution is -2.47. The molecule has 2 aromatic carbocycles. The fraction of sp³-hybridized carbons (Fsp3) is 0.294. The van der Waals surface area contributed by atoms with E-state index in [0.717, 1.165) is 39.1 Å². The number of ether oxygens (including phenoxy) is 2. The normalized spacial score (nSPS) is 14.2. The van der Waals surface area contributed by atoms with Gasteiger partial charge in [-0.1, -0.05) is 18.2 Å². The van der Waals surface area contributed by atoms with E-state index >= 15 is 0 Å². The molecule has 1 saturated heterocycles. The van der Waals surface area contributed by atoms with Crippen LogP contribution in [0.3, 0.4) is 0 Å². The number of aromatic amines is 1. The van der Waals surface area contributed by atoms with Gasteiger partial charge >= 0.3 is 11.9 Å². The van der Waals surface area contributed by atoms with Crippen LogP contribution in [0.2, 0.25) is 0 Å². The summed E-state index contributed by atoms with van der Waals surface area (Å²) in [4.78, 5) is 47.8. The number of fused-ring (bicyclic) bond motifs is 1. The topological polar surface area (TPSA) is 125 Å². The highest BCUT2D eigenvalue weighted by atomic mass is 16.6. The van der Waals surface area contributed by atoms with Crippen LogP contribution in [0.15, 0.2) is 72.9 Å². The Bertz CT molecular complexity index is 1710. The zero-order valence-electron chi connectivity index (χ0n) is 25.3. The van der Waals surface area contributed by atoms with Gasteiger partial charge < -0.3 is 24.5 Å². The summed E-state index contributed by atoms with van der Waals surface area (Å²) in [5, 5.41) is 10.2. The number of nitrogens with one attached hydrogen (secondary N) is 1. The van der Waals surface area contributed by atoms with Crippen molar-refractivity contribution in [2.75, 3.05) is 33.3 Å². The second kappa shape index (κ2) is 12.7. The number of aromatic nitrogens is 2. The Balaban J connectivity index is 1.29. The number of pyridine rings is 1. The first-order valence-electron chi connectivity index (χ1n) is 14.4.